The number of nitrogens with one attached hydrogen (secondary N) is 1. The molecule has 0 bridgehead atoms. The number of hydrogen-bond donors (Lipinski definition) is 1. The van der Waals surface area contributed by atoms with Gasteiger partial charge in [0.1, 0.15) is 12.4 Å². The molecule has 2 aliphatic heterocycles. The van der Waals surface area contributed by atoms with E-state index in [9.17, 15) is 18.8 Å². The molecule has 1 N–H and O–H groups in total. The number of carbonyl (C=O) groups is 3. The van der Waals surface area contributed by atoms with Crippen molar-refractivity contribution in [3.8, 4) is 0 Å². The van der Waals surface area contributed by atoms with Gasteiger partial charge in [-0.25, -0.2) is 4.39 Å². The van der Waals surface area contributed by atoms with Crippen LogP contribution < -0.4 is 15.1 Å². The summed E-state index contributed by atoms with van der Waals surface area (Å²) in [5, 5.41) is 3.03. The molecule has 1 atom stereocenters. The Kier molecular flexibility index (Phi) is 5.34. The van der Waals surface area contributed by atoms with Gasteiger partial charge in [0.25, 0.3) is 5.91 Å². The lowest BCUT2D eigenvalue weighted by molar-refractivity contribution is -0.124. The number of amides is 3. The van der Waals surface area contributed by atoms with Gasteiger partial charge in [-0.15, -0.1) is 11.8 Å². The summed E-state index contributed by atoms with van der Waals surface area (Å²) in [7, 11) is 0. The van der Waals surface area contributed by atoms with Crippen LogP contribution in [0.1, 0.15) is 5.56 Å². The molecule has 0 aromatic heterocycles. The first kappa shape index (κ1) is 21.5. The summed E-state index contributed by atoms with van der Waals surface area (Å²) in [5.74, 6) is -1.63. The van der Waals surface area contributed by atoms with E-state index in [1.807, 2.05) is 0 Å². The van der Waals surface area contributed by atoms with Crippen LogP contribution >= 0.6 is 23.4 Å². The van der Waals surface area contributed by atoms with E-state index in [2.05, 4.69) is 5.32 Å². The zero-order valence-electron chi connectivity index (χ0n) is 17.1. The third-order valence-electron chi connectivity index (χ3n) is 5.60. The van der Waals surface area contributed by atoms with E-state index in [-0.39, 0.29) is 23.9 Å². The molecular formula is C24H17ClFN3O3S. The van der Waals surface area contributed by atoms with E-state index in [0.717, 1.165) is 0 Å². The van der Waals surface area contributed by atoms with E-state index in [0.29, 0.717) is 22.0 Å². The Balaban J connectivity index is 1.52. The van der Waals surface area contributed by atoms with Crippen LogP contribution in [0.5, 0.6) is 0 Å². The molecule has 5 rings (SSSR count). The second-order valence-corrected chi connectivity index (χ2v) is 9.18. The third-order valence-corrected chi connectivity index (χ3v) is 7.24. The van der Waals surface area contributed by atoms with Gasteiger partial charge in [-0.3, -0.25) is 24.2 Å². The van der Waals surface area contributed by atoms with Crippen LogP contribution in [0.2, 0.25) is 5.02 Å². The maximum Gasteiger partial charge on any atom is 0.269 e. The molecule has 33 heavy (non-hydrogen) atoms. The quantitative estimate of drug-likeness (QED) is 0.599. The normalized spacial score (nSPS) is 19.3. The highest BCUT2D eigenvalue weighted by molar-refractivity contribution is 8.02. The van der Waals surface area contributed by atoms with Crippen LogP contribution in [0, 0.1) is 5.82 Å². The van der Waals surface area contributed by atoms with Crippen molar-refractivity contribution in [2.75, 3.05) is 27.4 Å². The minimum Gasteiger partial charge on any atom is -0.322 e. The van der Waals surface area contributed by atoms with Gasteiger partial charge in [0.2, 0.25) is 16.7 Å². The van der Waals surface area contributed by atoms with Crippen molar-refractivity contribution in [1.82, 2.24) is 0 Å². The summed E-state index contributed by atoms with van der Waals surface area (Å²) in [6.45, 7) is -0.324. The average molecular weight is 482 g/mol. The molecule has 2 heterocycles. The topological polar surface area (TPSA) is 69.7 Å². The third kappa shape index (κ3) is 3.46. The molecule has 166 valence electrons. The lowest BCUT2D eigenvalue weighted by Crippen LogP contribution is -2.50. The Bertz CT molecular complexity index is 1290. The predicted molar refractivity (Wildman–Crippen MR) is 127 cm³/mol. The van der Waals surface area contributed by atoms with Crippen LogP contribution in [-0.4, -0.2) is 30.0 Å². The van der Waals surface area contributed by atoms with E-state index in [4.69, 9.17) is 11.6 Å². The number of benzene rings is 3. The zero-order valence-corrected chi connectivity index (χ0v) is 18.7. The van der Waals surface area contributed by atoms with Crippen LogP contribution in [-0.2, 0) is 19.3 Å². The number of carbonyl (C=O) groups excluding carboxylic acids is 3. The minimum atomic E-state index is -1.33. The number of halogens is 2. The fraction of sp³-hybridized carbons (Fsp3) is 0.125. The van der Waals surface area contributed by atoms with Gasteiger partial charge in [0, 0.05) is 16.3 Å². The molecule has 1 spiro atoms. The molecule has 3 aromatic rings. The zero-order chi connectivity index (χ0) is 23.2. The van der Waals surface area contributed by atoms with E-state index in [1.54, 1.807) is 54.6 Å². The number of para-hydroxylation sites is 2. The second-order valence-electron chi connectivity index (χ2n) is 7.57. The SMILES string of the molecule is O=C(CN1C(=O)C2(SCC(=O)N2c2ccc(Cl)cc2)c2ccccc21)Nc1ccccc1F. The van der Waals surface area contributed by atoms with Crippen molar-refractivity contribution < 1.29 is 18.8 Å². The molecule has 3 aromatic carbocycles. The van der Waals surface area contributed by atoms with Gasteiger partial charge >= 0.3 is 0 Å². The highest BCUT2D eigenvalue weighted by atomic mass is 35.5. The molecule has 6 nitrogen and oxygen atoms in total. The Morgan fingerprint density at radius 2 is 1.73 bits per heavy atom. The van der Waals surface area contributed by atoms with Gasteiger partial charge in [0.05, 0.1) is 17.1 Å². The van der Waals surface area contributed by atoms with Crippen LogP contribution in [0.15, 0.2) is 72.8 Å². The number of anilines is 3. The number of fused-ring (bicyclic) bond motifs is 2. The summed E-state index contributed by atoms with van der Waals surface area (Å²) in [6, 6.07) is 19.6. The van der Waals surface area contributed by atoms with Crippen molar-refractivity contribution >= 4 is 58.1 Å². The van der Waals surface area contributed by atoms with E-state index in [1.165, 1.54) is 39.8 Å². The maximum absolute atomic E-state index is 14.0. The lowest BCUT2D eigenvalue weighted by atomic mass is 10.0. The van der Waals surface area contributed by atoms with E-state index < -0.39 is 22.5 Å². The molecule has 1 fully saturated rings. The smallest absolute Gasteiger partial charge is 0.269 e. The van der Waals surface area contributed by atoms with Crippen LogP contribution in [0.25, 0.3) is 0 Å². The monoisotopic (exact) mass is 481 g/mol. The minimum absolute atomic E-state index is 0.0327. The first-order valence-electron chi connectivity index (χ1n) is 10.1. The summed E-state index contributed by atoms with van der Waals surface area (Å²) in [4.78, 5) is 41.1. The highest BCUT2D eigenvalue weighted by Crippen LogP contribution is 2.55. The Hall–Kier alpha value is -3.36. The fourth-order valence-electron chi connectivity index (χ4n) is 4.20. The molecule has 1 saturated heterocycles. The number of thioether (sulfide) groups is 1. The molecule has 0 aliphatic carbocycles. The maximum atomic E-state index is 14.0. The Labute approximate surface area is 198 Å². The first-order chi connectivity index (χ1) is 15.9. The largest absolute Gasteiger partial charge is 0.322 e. The summed E-state index contributed by atoms with van der Waals surface area (Å²) >= 11 is 7.23. The van der Waals surface area contributed by atoms with Crippen molar-refractivity contribution in [2.24, 2.45) is 0 Å². The molecular weight excluding hydrogens is 465 g/mol. The first-order valence-corrected chi connectivity index (χ1v) is 11.5. The van der Waals surface area contributed by atoms with Crippen molar-refractivity contribution in [2.45, 2.75) is 4.87 Å². The summed E-state index contributed by atoms with van der Waals surface area (Å²) in [6.07, 6.45) is 0. The highest BCUT2D eigenvalue weighted by Gasteiger charge is 2.61. The summed E-state index contributed by atoms with van der Waals surface area (Å²) < 4.78 is 14.0. The summed E-state index contributed by atoms with van der Waals surface area (Å²) in [5.41, 5.74) is 1.73. The fourth-order valence-corrected chi connectivity index (χ4v) is 5.68. The lowest BCUT2D eigenvalue weighted by Gasteiger charge is -2.33. The molecule has 0 radical (unpaired) electrons. The van der Waals surface area contributed by atoms with Crippen molar-refractivity contribution in [3.05, 3.63) is 89.2 Å². The number of rotatable bonds is 4. The predicted octanol–water partition coefficient (Wildman–Crippen LogP) is 4.40. The molecule has 1 unspecified atom stereocenters. The van der Waals surface area contributed by atoms with Gasteiger partial charge in [-0.1, -0.05) is 41.9 Å². The Morgan fingerprint density at radius 3 is 2.48 bits per heavy atom. The second kappa shape index (κ2) is 8.20. The Morgan fingerprint density at radius 1 is 1.03 bits per heavy atom. The van der Waals surface area contributed by atoms with Gasteiger partial charge in [-0.2, -0.15) is 0 Å². The molecule has 9 heteroatoms. The van der Waals surface area contributed by atoms with Crippen LogP contribution in [0.3, 0.4) is 0 Å². The van der Waals surface area contributed by atoms with Crippen molar-refractivity contribution in [3.63, 3.8) is 0 Å². The number of hydrogen-bond acceptors (Lipinski definition) is 4. The standard InChI is InChI=1S/C24H17ClFN3O3S/c25-15-9-11-16(12-10-15)29-22(31)14-33-24(29)17-5-1-4-8-20(17)28(23(24)32)13-21(30)27-19-7-3-2-6-18(19)26/h1-12H,13-14H2,(H,27,30). The molecule has 2 aliphatic rings. The number of nitrogens with zero attached hydrogens (tertiary/aromatic N) is 2. The molecule has 3 amide bonds. The van der Waals surface area contributed by atoms with Gasteiger partial charge in [0.15, 0.2) is 0 Å². The molecule has 0 saturated carbocycles. The van der Waals surface area contributed by atoms with Gasteiger partial charge < -0.3 is 5.32 Å². The van der Waals surface area contributed by atoms with Gasteiger partial charge in [-0.05, 0) is 42.5 Å². The average Bonchev–Trinajstić information content (AvgIpc) is 3.27. The van der Waals surface area contributed by atoms with Crippen molar-refractivity contribution in [1.29, 1.82) is 0 Å². The van der Waals surface area contributed by atoms with Crippen LogP contribution in [0.4, 0.5) is 21.5 Å². The van der Waals surface area contributed by atoms with E-state index >= 15 is 0 Å².